The van der Waals surface area contributed by atoms with E-state index in [4.69, 9.17) is 4.74 Å². The third-order valence-electron chi connectivity index (χ3n) is 4.46. The van der Waals surface area contributed by atoms with Crippen LogP contribution in [-0.4, -0.2) is 32.1 Å². The van der Waals surface area contributed by atoms with Crippen molar-refractivity contribution in [3.8, 4) is 5.75 Å². The molecule has 0 saturated heterocycles. The van der Waals surface area contributed by atoms with Crippen LogP contribution < -0.4 is 14.8 Å². The molecule has 1 atom stereocenters. The van der Waals surface area contributed by atoms with Gasteiger partial charge in [-0.3, -0.25) is 9.52 Å². The van der Waals surface area contributed by atoms with Crippen molar-refractivity contribution >= 4 is 27.3 Å². The summed E-state index contributed by atoms with van der Waals surface area (Å²) in [5.74, 6) is -0.699. The van der Waals surface area contributed by atoms with Crippen LogP contribution in [-0.2, 0) is 14.8 Å². The zero-order valence-electron chi connectivity index (χ0n) is 17.3. The highest BCUT2D eigenvalue weighted by Crippen LogP contribution is 2.30. The van der Waals surface area contributed by atoms with Crippen molar-refractivity contribution < 1.29 is 23.1 Å². The SMILES string of the molecule is CCOc1cc(NC(=O)[C@@H](O)C(C)C)ccc1S(=O)(=O)Nc1ccc(C)c(C)c1. The molecule has 158 valence electrons. The van der Waals surface area contributed by atoms with E-state index in [2.05, 4.69) is 10.0 Å². The molecule has 0 saturated carbocycles. The first-order valence-electron chi connectivity index (χ1n) is 9.41. The van der Waals surface area contributed by atoms with Crippen LogP contribution in [0.25, 0.3) is 0 Å². The molecule has 0 aliphatic heterocycles. The van der Waals surface area contributed by atoms with Crippen LogP contribution in [0, 0.1) is 19.8 Å². The van der Waals surface area contributed by atoms with Gasteiger partial charge in [0.15, 0.2) is 0 Å². The number of benzene rings is 2. The summed E-state index contributed by atoms with van der Waals surface area (Å²) in [5.41, 5.74) is 2.82. The fourth-order valence-electron chi connectivity index (χ4n) is 2.61. The molecular formula is C21H28N2O5S. The van der Waals surface area contributed by atoms with Crippen LogP contribution >= 0.6 is 0 Å². The van der Waals surface area contributed by atoms with Gasteiger partial charge in [0.1, 0.15) is 16.7 Å². The lowest BCUT2D eigenvalue weighted by Crippen LogP contribution is -2.31. The van der Waals surface area contributed by atoms with Crippen LogP contribution in [0.2, 0.25) is 0 Å². The number of sulfonamides is 1. The van der Waals surface area contributed by atoms with Crippen molar-refractivity contribution in [3.63, 3.8) is 0 Å². The second-order valence-corrected chi connectivity index (χ2v) is 8.83. The van der Waals surface area contributed by atoms with Crippen LogP contribution in [0.3, 0.4) is 0 Å². The average Bonchev–Trinajstić information content (AvgIpc) is 2.64. The fraction of sp³-hybridized carbons (Fsp3) is 0.381. The second-order valence-electron chi connectivity index (χ2n) is 7.18. The third kappa shape index (κ3) is 5.71. The van der Waals surface area contributed by atoms with E-state index in [0.717, 1.165) is 11.1 Å². The lowest BCUT2D eigenvalue weighted by molar-refractivity contribution is -0.125. The number of hydrogen-bond acceptors (Lipinski definition) is 5. The van der Waals surface area contributed by atoms with E-state index in [1.165, 1.54) is 18.2 Å². The maximum Gasteiger partial charge on any atom is 0.265 e. The molecule has 1 amide bonds. The number of anilines is 2. The number of nitrogens with one attached hydrogen (secondary N) is 2. The Bertz CT molecular complexity index is 987. The van der Waals surface area contributed by atoms with Crippen molar-refractivity contribution in [2.75, 3.05) is 16.6 Å². The molecule has 0 aromatic heterocycles. The summed E-state index contributed by atoms with van der Waals surface area (Å²) >= 11 is 0. The number of carbonyl (C=O) groups is 1. The smallest absolute Gasteiger partial charge is 0.265 e. The van der Waals surface area contributed by atoms with Crippen molar-refractivity contribution in [1.82, 2.24) is 0 Å². The number of aliphatic hydroxyl groups is 1. The highest BCUT2D eigenvalue weighted by molar-refractivity contribution is 7.92. The number of aliphatic hydroxyl groups excluding tert-OH is 1. The Hall–Kier alpha value is -2.58. The van der Waals surface area contributed by atoms with Gasteiger partial charge in [0.05, 0.1) is 6.61 Å². The highest BCUT2D eigenvalue weighted by atomic mass is 32.2. The fourth-order valence-corrected chi connectivity index (χ4v) is 3.79. The monoisotopic (exact) mass is 420 g/mol. The number of aryl methyl sites for hydroxylation is 2. The molecule has 29 heavy (non-hydrogen) atoms. The molecule has 0 bridgehead atoms. The van der Waals surface area contributed by atoms with Gasteiger partial charge in [-0.2, -0.15) is 0 Å². The van der Waals surface area contributed by atoms with Gasteiger partial charge in [0.25, 0.3) is 15.9 Å². The Labute approximate surface area is 172 Å². The Balaban J connectivity index is 2.33. The van der Waals surface area contributed by atoms with Crippen molar-refractivity contribution in [2.45, 2.75) is 45.6 Å². The standard InChI is InChI=1S/C21H28N2O5S/c1-6-28-18-12-16(22-21(25)20(24)13(2)3)9-10-19(18)29(26,27)23-17-8-7-14(4)15(5)11-17/h7-13,20,23-24H,6H2,1-5H3,(H,22,25)/t20-/m0/s1. The number of amides is 1. The van der Waals surface area contributed by atoms with E-state index >= 15 is 0 Å². The van der Waals surface area contributed by atoms with Gasteiger partial charge in [-0.25, -0.2) is 8.42 Å². The first-order chi connectivity index (χ1) is 13.5. The predicted molar refractivity (Wildman–Crippen MR) is 114 cm³/mol. The van der Waals surface area contributed by atoms with E-state index in [1.54, 1.807) is 32.9 Å². The van der Waals surface area contributed by atoms with E-state index in [0.29, 0.717) is 11.4 Å². The quantitative estimate of drug-likeness (QED) is 0.607. The molecule has 0 fully saturated rings. The lowest BCUT2D eigenvalue weighted by Gasteiger charge is -2.17. The minimum atomic E-state index is -3.91. The molecule has 0 aliphatic rings. The normalized spacial score (nSPS) is 12.5. The highest BCUT2D eigenvalue weighted by Gasteiger charge is 2.23. The molecule has 2 rings (SSSR count). The molecule has 0 spiro atoms. The molecule has 7 nitrogen and oxygen atoms in total. The summed E-state index contributed by atoms with van der Waals surface area (Å²) in [4.78, 5) is 12.0. The number of ether oxygens (including phenoxy) is 1. The molecule has 2 aromatic carbocycles. The summed E-state index contributed by atoms with van der Waals surface area (Å²) in [7, 11) is -3.91. The topological polar surface area (TPSA) is 105 Å². The minimum absolute atomic E-state index is 0.0417. The molecule has 0 heterocycles. The van der Waals surface area contributed by atoms with Gasteiger partial charge in [-0.05, 0) is 62.1 Å². The van der Waals surface area contributed by atoms with Gasteiger partial charge >= 0.3 is 0 Å². The Morgan fingerprint density at radius 2 is 1.72 bits per heavy atom. The maximum atomic E-state index is 12.9. The van der Waals surface area contributed by atoms with E-state index < -0.39 is 22.0 Å². The van der Waals surface area contributed by atoms with E-state index in [9.17, 15) is 18.3 Å². The van der Waals surface area contributed by atoms with Crippen molar-refractivity contribution in [2.24, 2.45) is 5.92 Å². The third-order valence-corrected chi connectivity index (χ3v) is 5.88. The number of hydrogen-bond donors (Lipinski definition) is 3. The summed E-state index contributed by atoms with van der Waals surface area (Å²) in [6.45, 7) is 9.29. The van der Waals surface area contributed by atoms with Crippen molar-refractivity contribution in [3.05, 3.63) is 47.5 Å². The number of carbonyl (C=O) groups excluding carboxylic acids is 1. The van der Waals surface area contributed by atoms with Gasteiger partial charge in [-0.15, -0.1) is 0 Å². The Morgan fingerprint density at radius 1 is 1.07 bits per heavy atom. The minimum Gasteiger partial charge on any atom is -0.492 e. The zero-order chi connectivity index (χ0) is 21.8. The number of rotatable bonds is 8. The molecule has 8 heteroatoms. The first kappa shape index (κ1) is 22.7. The Morgan fingerprint density at radius 3 is 2.31 bits per heavy atom. The largest absolute Gasteiger partial charge is 0.492 e. The van der Waals surface area contributed by atoms with Crippen LogP contribution in [0.1, 0.15) is 31.9 Å². The maximum absolute atomic E-state index is 12.9. The van der Waals surface area contributed by atoms with Gasteiger partial charge < -0.3 is 15.2 Å². The van der Waals surface area contributed by atoms with Crippen LogP contribution in [0.15, 0.2) is 41.3 Å². The first-order valence-corrected chi connectivity index (χ1v) is 10.9. The van der Waals surface area contributed by atoms with E-state index in [1.807, 2.05) is 19.9 Å². The molecule has 0 radical (unpaired) electrons. The lowest BCUT2D eigenvalue weighted by atomic mass is 10.1. The average molecular weight is 421 g/mol. The molecule has 0 aliphatic carbocycles. The van der Waals surface area contributed by atoms with Gasteiger partial charge in [-0.1, -0.05) is 19.9 Å². The van der Waals surface area contributed by atoms with Crippen molar-refractivity contribution in [1.29, 1.82) is 0 Å². The summed E-state index contributed by atoms with van der Waals surface area (Å²) in [6, 6.07) is 9.56. The summed E-state index contributed by atoms with van der Waals surface area (Å²) < 4.78 is 33.9. The van der Waals surface area contributed by atoms with Gasteiger partial charge in [0, 0.05) is 17.4 Å². The van der Waals surface area contributed by atoms with E-state index in [-0.39, 0.29) is 23.2 Å². The molecular weight excluding hydrogens is 392 g/mol. The summed E-state index contributed by atoms with van der Waals surface area (Å²) in [6.07, 6.45) is -1.17. The zero-order valence-corrected chi connectivity index (χ0v) is 18.1. The molecule has 2 aromatic rings. The van der Waals surface area contributed by atoms with Crippen LogP contribution in [0.5, 0.6) is 5.75 Å². The summed E-state index contributed by atoms with van der Waals surface area (Å²) in [5, 5.41) is 12.4. The predicted octanol–water partition coefficient (Wildman–Crippen LogP) is 3.46. The molecule has 3 N–H and O–H groups in total. The van der Waals surface area contributed by atoms with Crippen LogP contribution in [0.4, 0.5) is 11.4 Å². The molecule has 0 unspecified atom stereocenters. The second kappa shape index (κ2) is 9.28. The Kier molecular flexibility index (Phi) is 7.26. The van der Waals surface area contributed by atoms with Gasteiger partial charge in [0.2, 0.25) is 0 Å².